The number of aromatic nitrogens is 4. The lowest BCUT2D eigenvalue weighted by Gasteiger charge is -2.21. The molecular weight excluding hydrogens is 294 g/mol. The Kier molecular flexibility index (Phi) is 5.33. The van der Waals surface area contributed by atoms with Gasteiger partial charge < -0.3 is 19.3 Å². The zero-order chi connectivity index (χ0) is 15.4. The number of ether oxygens (including phenoxy) is 1. The van der Waals surface area contributed by atoms with E-state index in [1.54, 1.807) is 10.9 Å². The van der Waals surface area contributed by atoms with E-state index in [1.165, 1.54) is 0 Å². The SMILES string of the molecule is CCN(CC)C[C@H](O)COc1nc(Cl)nc2ncn(C)c12. The van der Waals surface area contributed by atoms with E-state index < -0.39 is 6.10 Å². The van der Waals surface area contributed by atoms with Gasteiger partial charge in [0.15, 0.2) is 11.2 Å². The highest BCUT2D eigenvalue weighted by molar-refractivity contribution is 6.28. The van der Waals surface area contributed by atoms with Crippen molar-refractivity contribution in [3.8, 4) is 5.88 Å². The Morgan fingerprint density at radius 2 is 2.10 bits per heavy atom. The van der Waals surface area contributed by atoms with Crippen molar-refractivity contribution >= 4 is 22.8 Å². The largest absolute Gasteiger partial charge is 0.473 e. The number of aryl methyl sites for hydroxylation is 1. The van der Waals surface area contributed by atoms with Gasteiger partial charge >= 0.3 is 0 Å². The number of halogens is 1. The minimum absolute atomic E-state index is 0.0782. The highest BCUT2D eigenvalue weighted by atomic mass is 35.5. The van der Waals surface area contributed by atoms with E-state index in [0.29, 0.717) is 23.6 Å². The van der Waals surface area contributed by atoms with E-state index in [4.69, 9.17) is 16.3 Å². The van der Waals surface area contributed by atoms with Gasteiger partial charge in [0, 0.05) is 13.6 Å². The molecule has 21 heavy (non-hydrogen) atoms. The number of hydrogen-bond acceptors (Lipinski definition) is 6. The molecule has 0 saturated heterocycles. The molecule has 0 radical (unpaired) electrons. The molecule has 0 aromatic carbocycles. The first-order valence-electron chi connectivity index (χ1n) is 6.92. The highest BCUT2D eigenvalue weighted by Gasteiger charge is 2.15. The standard InChI is InChI=1S/C13H20ClN5O2/c1-4-19(5-2)6-9(20)7-21-12-10-11(15-8-18(10)3)16-13(14)17-12/h8-9,20H,4-7H2,1-3H3/t9-/m0/s1. The molecule has 0 saturated carbocycles. The summed E-state index contributed by atoms with van der Waals surface area (Å²) in [7, 11) is 1.83. The third-order valence-corrected chi connectivity index (χ3v) is 3.46. The summed E-state index contributed by atoms with van der Waals surface area (Å²) >= 11 is 5.86. The number of hydrogen-bond donors (Lipinski definition) is 1. The van der Waals surface area contributed by atoms with E-state index in [-0.39, 0.29) is 11.9 Å². The number of aliphatic hydroxyl groups excluding tert-OH is 1. The second-order valence-electron chi connectivity index (χ2n) is 4.78. The molecule has 2 rings (SSSR count). The van der Waals surface area contributed by atoms with Crippen molar-refractivity contribution in [2.75, 3.05) is 26.2 Å². The fourth-order valence-corrected chi connectivity index (χ4v) is 2.26. The van der Waals surface area contributed by atoms with Gasteiger partial charge in [-0.2, -0.15) is 9.97 Å². The van der Waals surface area contributed by atoms with Gasteiger partial charge in [0.25, 0.3) is 0 Å². The summed E-state index contributed by atoms with van der Waals surface area (Å²) in [6.07, 6.45) is 1.02. The topological polar surface area (TPSA) is 76.3 Å². The van der Waals surface area contributed by atoms with Crippen molar-refractivity contribution in [2.24, 2.45) is 7.05 Å². The van der Waals surface area contributed by atoms with Crippen LogP contribution in [0.15, 0.2) is 6.33 Å². The molecule has 0 amide bonds. The maximum absolute atomic E-state index is 10.0. The molecule has 0 aliphatic rings. The number of fused-ring (bicyclic) bond motifs is 1. The molecule has 7 nitrogen and oxygen atoms in total. The summed E-state index contributed by atoms with van der Waals surface area (Å²) in [4.78, 5) is 14.3. The molecule has 0 unspecified atom stereocenters. The second kappa shape index (κ2) is 7.02. The van der Waals surface area contributed by atoms with Crippen molar-refractivity contribution in [3.63, 3.8) is 0 Å². The molecule has 0 aliphatic heterocycles. The van der Waals surface area contributed by atoms with Crippen LogP contribution in [-0.4, -0.2) is 61.9 Å². The Labute approximate surface area is 128 Å². The van der Waals surface area contributed by atoms with Crippen LogP contribution in [0.25, 0.3) is 11.2 Å². The monoisotopic (exact) mass is 313 g/mol. The van der Waals surface area contributed by atoms with Crippen LogP contribution in [0, 0.1) is 0 Å². The summed E-state index contributed by atoms with van der Waals surface area (Å²) in [6.45, 7) is 6.59. The van der Waals surface area contributed by atoms with Crippen LogP contribution in [0.5, 0.6) is 5.88 Å². The minimum atomic E-state index is -0.595. The Morgan fingerprint density at radius 1 is 1.38 bits per heavy atom. The third kappa shape index (κ3) is 3.81. The summed E-state index contributed by atoms with van der Waals surface area (Å²) in [5.74, 6) is 0.337. The molecule has 2 aromatic heterocycles. The first-order chi connectivity index (χ1) is 10.0. The molecule has 0 bridgehead atoms. The molecule has 2 aromatic rings. The number of rotatable bonds is 7. The first kappa shape index (κ1) is 15.9. The first-order valence-corrected chi connectivity index (χ1v) is 7.30. The fourth-order valence-electron chi connectivity index (χ4n) is 2.10. The van der Waals surface area contributed by atoms with Crippen molar-refractivity contribution in [1.29, 1.82) is 0 Å². The molecule has 1 N–H and O–H groups in total. The zero-order valence-corrected chi connectivity index (χ0v) is 13.2. The summed E-state index contributed by atoms with van der Waals surface area (Å²) in [5.41, 5.74) is 1.14. The Morgan fingerprint density at radius 3 is 2.76 bits per heavy atom. The molecular formula is C13H20ClN5O2. The second-order valence-corrected chi connectivity index (χ2v) is 5.11. The van der Waals surface area contributed by atoms with Crippen molar-refractivity contribution in [1.82, 2.24) is 24.4 Å². The number of aliphatic hydroxyl groups is 1. The fraction of sp³-hybridized carbons (Fsp3) is 0.615. The molecule has 2 heterocycles. The number of nitrogens with zero attached hydrogens (tertiary/aromatic N) is 5. The normalized spacial score (nSPS) is 13.0. The van der Waals surface area contributed by atoms with E-state index in [2.05, 4.69) is 33.7 Å². The lowest BCUT2D eigenvalue weighted by molar-refractivity contribution is 0.0704. The van der Waals surface area contributed by atoms with Crippen molar-refractivity contribution in [2.45, 2.75) is 20.0 Å². The van der Waals surface area contributed by atoms with E-state index >= 15 is 0 Å². The Hall–Kier alpha value is -1.44. The van der Waals surface area contributed by atoms with Crippen LogP contribution in [0.1, 0.15) is 13.8 Å². The van der Waals surface area contributed by atoms with Crippen LogP contribution in [0.2, 0.25) is 5.28 Å². The van der Waals surface area contributed by atoms with Gasteiger partial charge in [0.1, 0.15) is 12.7 Å². The van der Waals surface area contributed by atoms with Crippen LogP contribution >= 0.6 is 11.6 Å². The van der Waals surface area contributed by atoms with Gasteiger partial charge in [-0.25, -0.2) is 4.98 Å². The Balaban J connectivity index is 2.08. The average Bonchev–Trinajstić information content (AvgIpc) is 2.83. The quantitative estimate of drug-likeness (QED) is 0.771. The Bertz CT molecular complexity index is 600. The van der Waals surface area contributed by atoms with E-state index in [0.717, 1.165) is 13.1 Å². The highest BCUT2D eigenvalue weighted by Crippen LogP contribution is 2.22. The molecule has 1 atom stereocenters. The van der Waals surface area contributed by atoms with Gasteiger partial charge in [-0.05, 0) is 24.7 Å². The van der Waals surface area contributed by atoms with Gasteiger partial charge in [-0.3, -0.25) is 0 Å². The molecule has 8 heteroatoms. The van der Waals surface area contributed by atoms with Gasteiger partial charge in [0.05, 0.1) is 6.33 Å². The predicted octanol–water partition coefficient (Wildman–Crippen LogP) is 1.10. The van der Waals surface area contributed by atoms with Crippen LogP contribution in [0.4, 0.5) is 0 Å². The molecule has 0 aliphatic carbocycles. The van der Waals surface area contributed by atoms with Gasteiger partial charge in [0.2, 0.25) is 11.2 Å². The minimum Gasteiger partial charge on any atom is -0.473 e. The molecule has 116 valence electrons. The maximum atomic E-state index is 10.0. The lowest BCUT2D eigenvalue weighted by atomic mass is 10.3. The molecule has 0 fully saturated rings. The van der Waals surface area contributed by atoms with Crippen LogP contribution in [0.3, 0.4) is 0 Å². The lowest BCUT2D eigenvalue weighted by Crippen LogP contribution is -2.35. The molecule has 0 spiro atoms. The summed E-state index contributed by atoms with van der Waals surface area (Å²) < 4.78 is 7.38. The van der Waals surface area contributed by atoms with E-state index in [9.17, 15) is 5.11 Å². The summed E-state index contributed by atoms with van der Waals surface area (Å²) in [6, 6.07) is 0. The van der Waals surface area contributed by atoms with Crippen LogP contribution < -0.4 is 4.74 Å². The predicted molar refractivity (Wildman–Crippen MR) is 80.6 cm³/mol. The van der Waals surface area contributed by atoms with Crippen molar-refractivity contribution < 1.29 is 9.84 Å². The summed E-state index contributed by atoms with van der Waals surface area (Å²) in [5, 5.41) is 10.1. The smallest absolute Gasteiger partial charge is 0.244 e. The zero-order valence-electron chi connectivity index (χ0n) is 12.5. The van der Waals surface area contributed by atoms with Gasteiger partial charge in [-0.1, -0.05) is 13.8 Å². The van der Waals surface area contributed by atoms with Crippen molar-refractivity contribution in [3.05, 3.63) is 11.6 Å². The van der Waals surface area contributed by atoms with E-state index in [1.807, 2.05) is 7.05 Å². The van der Waals surface area contributed by atoms with Crippen LogP contribution in [-0.2, 0) is 7.05 Å². The third-order valence-electron chi connectivity index (χ3n) is 3.29. The van der Waals surface area contributed by atoms with Gasteiger partial charge in [-0.15, -0.1) is 0 Å². The maximum Gasteiger partial charge on any atom is 0.244 e. The number of imidazole rings is 1. The number of likely N-dealkylation sites (N-methyl/N-ethyl adjacent to an activating group) is 1. The average molecular weight is 314 g/mol.